The SMILES string of the molecule is COc1ccc(C(=O)NC(=S)Nc2ccc(Br)cc2C(C)C)cc1. The molecule has 6 heteroatoms. The highest BCUT2D eigenvalue weighted by Crippen LogP contribution is 2.27. The smallest absolute Gasteiger partial charge is 0.257 e. The van der Waals surface area contributed by atoms with Crippen molar-refractivity contribution in [2.24, 2.45) is 0 Å². The summed E-state index contributed by atoms with van der Waals surface area (Å²) in [5.41, 5.74) is 2.51. The van der Waals surface area contributed by atoms with Crippen LogP contribution in [0.1, 0.15) is 35.7 Å². The van der Waals surface area contributed by atoms with Crippen molar-refractivity contribution in [3.63, 3.8) is 0 Å². The van der Waals surface area contributed by atoms with Crippen LogP contribution in [0.3, 0.4) is 0 Å². The van der Waals surface area contributed by atoms with Crippen LogP contribution in [0.4, 0.5) is 5.69 Å². The Labute approximate surface area is 155 Å². The molecule has 0 aliphatic rings. The van der Waals surface area contributed by atoms with Gasteiger partial charge in [0, 0.05) is 15.7 Å². The van der Waals surface area contributed by atoms with Crippen LogP contribution >= 0.6 is 28.1 Å². The van der Waals surface area contributed by atoms with Gasteiger partial charge in [-0.15, -0.1) is 0 Å². The number of amides is 1. The van der Waals surface area contributed by atoms with E-state index in [1.165, 1.54) is 0 Å². The van der Waals surface area contributed by atoms with Gasteiger partial charge in [0.25, 0.3) is 5.91 Å². The highest BCUT2D eigenvalue weighted by molar-refractivity contribution is 9.10. The van der Waals surface area contributed by atoms with Gasteiger partial charge >= 0.3 is 0 Å². The molecule has 0 fully saturated rings. The number of nitrogens with one attached hydrogen (secondary N) is 2. The largest absolute Gasteiger partial charge is 0.497 e. The molecule has 1 amide bonds. The number of rotatable bonds is 4. The third-order valence-corrected chi connectivity index (χ3v) is 4.16. The van der Waals surface area contributed by atoms with E-state index in [2.05, 4.69) is 40.4 Å². The second-order valence-corrected chi connectivity index (χ2v) is 6.85. The number of carbonyl (C=O) groups is 1. The predicted molar refractivity (Wildman–Crippen MR) is 105 cm³/mol. The molecule has 4 nitrogen and oxygen atoms in total. The van der Waals surface area contributed by atoms with E-state index in [9.17, 15) is 4.79 Å². The Morgan fingerprint density at radius 3 is 2.42 bits per heavy atom. The van der Waals surface area contributed by atoms with Gasteiger partial charge in [-0.05, 0) is 66.2 Å². The number of carbonyl (C=O) groups excluding carboxylic acids is 1. The Morgan fingerprint density at radius 2 is 1.83 bits per heavy atom. The molecule has 2 aromatic rings. The zero-order valence-electron chi connectivity index (χ0n) is 13.7. The van der Waals surface area contributed by atoms with Crippen LogP contribution in [0.25, 0.3) is 0 Å². The van der Waals surface area contributed by atoms with Crippen LogP contribution < -0.4 is 15.4 Å². The van der Waals surface area contributed by atoms with Crippen LogP contribution in [0.2, 0.25) is 0 Å². The highest BCUT2D eigenvalue weighted by Gasteiger charge is 2.11. The number of thiocarbonyl (C=S) groups is 1. The third-order valence-electron chi connectivity index (χ3n) is 3.46. The molecule has 126 valence electrons. The molecule has 0 spiro atoms. The maximum atomic E-state index is 12.2. The van der Waals surface area contributed by atoms with Gasteiger partial charge in [0.2, 0.25) is 0 Å². The molecule has 24 heavy (non-hydrogen) atoms. The Balaban J connectivity index is 2.06. The van der Waals surface area contributed by atoms with E-state index in [0.717, 1.165) is 15.7 Å². The molecule has 0 saturated heterocycles. The van der Waals surface area contributed by atoms with Crippen molar-refractivity contribution in [2.75, 3.05) is 12.4 Å². The fourth-order valence-electron chi connectivity index (χ4n) is 2.20. The summed E-state index contributed by atoms with van der Waals surface area (Å²) in [5.74, 6) is 0.757. The molecule has 0 aliphatic heterocycles. The minimum absolute atomic E-state index is 0.264. The predicted octanol–water partition coefficient (Wildman–Crippen LogP) is 4.71. The van der Waals surface area contributed by atoms with E-state index in [1.807, 2.05) is 18.2 Å². The minimum atomic E-state index is -0.265. The van der Waals surface area contributed by atoms with Crippen molar-refractivity contribution in [3.05, 3.63) is 58.1 Å². The zero-order chi connectivity index (χ0) is 17.7. The Kier molecular flexibility index (Phi) is 6.34. The summed E-state index contributed by atoms with van der Waals surface area (Å²) in [5, 5.41) is 6.05. The summed E-state index contributed by atoms with van der Waals surface area (Å²) in [4.78, 5) is 12.2. The topological polar surface area (TPSA) is 50.4 Å². The van der Waals surface area contributed by atoms with Crippen molar-refractivity contribution in [3.8, 4) is 5.75 Å². The fourth-order valence-corrected chi connectivity index (χ4v) is 2.78. The first-order valence-corrected chi connectivity index (χ1v) is 8.66. The highest BCUT2D eigenvalue weighted by atomic mass is 79.9. The monoisotopic (exact) mass is 406 g/mol. The second-order valence-electron chi connectivity index (χ2n) is 5.52. The maximum absolute atomic E-state index is 12.2. The lowest BCUT2D eigenvalue weighted by Gasteiger charge is -2.16. The average Bonchev–Trinajstić information content (AvgIpc) is 2.56. The van der Waals surface area contributed by atoms with E-state index in [1.54, 1.807) is 31.4 Å². The number of ether oxygens (including phenoxy) is 1. The van der Waals surface area contributed by atoms with Crippen molar-refractivity contribution >= 4 is 44.9 Å². The molecule has 0 bridgehead atoms. The first-order valence-electron chi connectivity index (χ1n) is 7.46. The molecule has 0 radical (unpaired) electrons. The van der Waals surface area contributed by atoms with Crippen molar-refractivity contribution in [1.29, 1.82) is 0 Å². The van der Waals surface area contributed by atoms with Crippen LogP contribution in [0.15, 0.2) is 46.9 Å². The molecule has 0 saturated carbocycles. The number of halogens is 1. The van der Waals surface area contributed by atoms with Gasteiger partial charge in [-0.25, -0.2) is 0 Å². The Bertz CT molecular complexity index is 745. The lowest BCUT2D eigenvalue weighted by Crippen LogP contribution is -2.34. The van der Waals surface area contributed by atoms with Gasteiger partial charge in [-0.3, -0.25) is 10.1 Å². The van der Waals surface area contributed by atoms with E-state index in [4.69, 9.17) is 17.0 Å². The van der Waals surface area contributed by atoms with Gasteiger partial charge in [0.05, 0.1) is 7.11 Å². The summed E-state index contributed by atoms with van der Waals surface area (Å²) < 4.78 is 6.09. The third kappa shape index (κ3) is 4.79. The number of methoxy groups -OCH3 is 1. The molecule has 0 heterocycles. The van der Waals surface area contributed by atoms with Crippen LogP contribution in [-0.4, -0.2) is 18.1 Å². The first kappa shape index (κ1) is 18.4. The van der Waals surface area contributed by atoms with Gasteiger partial charge in [-0.2, -0.15) is 0 Å². The van der Waals surface area contributed by atoms with Crippen molar-refractivity contribution in [1.82, 2.24) is 5.32 Å². The van der Waals surface area contributed by atoms with Gasteiger partial charge in [0.15, 0.2) is 5.11 Å². The maximum Gasteiger partial charge on any atom is 0.257 e. The van der Waals surface area contributed by atoms with Crippen LogP contribution in [-0.2, 0) is 0 Å². The van der Waals surface area contributed by atoms with Gasteiger partial charge in [-0.1, -0.05) is 29.8 Å². The lowest BCUT2D eigenvalue weighted by molar-refractivity contribution is 0.0977. The van der Waals surface area contributed by atoms with E-state index >= 15 is 0 Å². The van der Waals surface area contributed by atoms with Gasteiger partial charge < -0.3 is 10.1 Å². The Morgan fingerprint density at radius 1 is 1.17 bits per heavy atom. The minimum Gasteiger partial charge on any atom is -0.497 e. The van der Waals surface area contributed by atoms with Crippen LogP contribution in [0, 0.1) is 0 Å². The molecule has 2 N–H and O–H groups in total. The number of hydrogen-bond acceptors (Lipinski definition) is 3. The molecule has 2 aromatic carbocycles. The van der Waals surface area contributed by atoms with Crippen LogP contribution in [0.5, 0.6) is 5.75 Å². The molecule has 2 rings (SSSR count). The first-order chi connectivity index (χ1) is 11.4. The molecule has 0 aliphatic carbocycles. The van der Waals surface area contributed by atoms with E-state index in [0.29, 0.717) is 17.2 Å². The van der Waals surface area contributed by atoms with Gasteiger partial charge in [0.1, 0.15) is 5.75 Å². The molecular weight excluding hydrogens is 388 g/mol. The van der Waals surface area contributed by atoms with E-state index in [-0.39, 0.29) is 11.0 Å². The standard InChI is InChI=1S/C18H19BrN2O2S/c1-11(2)15-10-13(19)6-9-16(15)20-18(24)21-17(22)12-4-7-14(23-3)8-5-12/h4-11H,1-3H3,(H2,20,21,22,24). The zero-order valence-corrected chi connectivity index (χ0v) is 16.1. The number of hydrogen-bond donors (Lipinski definition) is 2. The molecule has 0 aromatic heterocycles. The summed E-state index contributed by atoms with van der Waals surface area (Å²) in [6.07, 6.45) is 0. The summed E-state index contributed by atoms with van der Waals surface area (Å²) in [6.45, 7) is 4.21. The second kappa shape index (κ2) is 8.26. The number of anilines is 1. The lowest BCUT2D eigenvalue weighted by atomic mass is 10.0. The molecule has 0 unspecified atom stereocenters. The van der Waals surface area contributed by atoms with Crippen molar-refractivity contribution in [2.45, 2.75) is 19.8 Å². The Hall–Kier alpha value is -1.92. The normalized spacial score (nSPS) is 10.4. The molecular formula is C18H19BrN2O2S. The fraction of sp³-hybridized carbons (Fsp3) is 0.222. The average molecular weight is 407 g/mol. The summed E-state index contributed by atoms with van der Waals surface area (Å²) >= 11 is 8.73. The summed E-state index contributed by atoms with van der Waals surface area (Å²) in [6, 6.07) is 12.8. The number of benzene rings is 2. The molecule has 0 atom stereocenters. The summed E-state index contributed by atoms with van der Waals surface area (Å²) in [7, 11) is 1.58. The quantitative estimate of drug-likeness (QED) is 0.721. The van der Waals surface area contributed by atoms with Crippen molar-refractivity contribution < 1.29 is 9.53 Å². The van der Waals surface area contributed by atoms with E-state index < -0.39 is 0 Å².